The van der Waals surface area contributed by atoms with Gasteiger partial charge in [0.25, 0.3) is 0 Å². The van der Waals surface area contributed by atoms with Gasteiger partial charge in [0, 0.05) is 10.5 Å². The van der Waals surface area contributed by atoms with Gasteiger partial charge in [-0.05, 0) is 25.1 Å². The predicted molar refractivity (Wildman–Crippen MR) is 55.4 cm³/mol. The highest BCUT2D eigenvalue weighted by atomic mass is 35.5. The number of carbonyl (C=O) groups is 1. The number of ketones is 1. The zero-order valence-corrected chi connectivity index (χ0v) is 9.32. The molecule has 0 aromatic heterocycles. The van der Waals surface area contributed by atoms with E-state index in [9.17, 15) is 4.79 Å². The van der Waals surface area contributed by atoms with Crippen LogP contribution in [0.15, 0.2) is 23.1 Å². The fraction of sp³-hybridized carbons (Fsp3) is 0.222. The summed E-state index contributed by atoms with van der Waals surface area (Å²) in [7, 11) is 1.42. The molecule has 0 radical (unpaired) electrons. The van der Waals surface area contributed by atoms with Crippen molar-refractivity contribution in [2.75, 3.05) is 7.11 Å². The molecule has 0 spiro atoms. The first-order valence-electron chi connectivity index (χ1n) is 3.83. The number of Topliss-reactive ketones (excluding diaryl/α,β-unsaturated/α-hetero) is 1. The fourth-order valence-corrected chi connectivity index (χ4v) is 1.72. The maximum Gasteiger partial charge on any atom is 0.161 e. The Labute approximate surface area is 91.5 Å². The Kier molecular flexibility index (Phi) is 4.41. The summed E-state index contributed by atoms with van der Waals surface area (Å²) in [5.74, 6) is -0.0563. The van der Waals surface area contributed by atoms with Crippen LogP contribution >= 0.6 is 23.6 Å². The van der Waals surface area contributed by atoms with E-state index < -0.39 is 0 Å². The molecule has 14 heavy (non-hydrogen) atoms. The predicted octanol–water partition coefficient (Wildman–Crippen LogP) is 3.13. The van der Waals surface area contributed by atoms with Crippen LogP contribution in [0, 0.1) is 0 Å². The van der Waals surface area contributed by atoms with E-state index in [0.29, 0.717) is 10.6 Å². The third-order valence-electron chi connectivity index (χ3n) is 1.52. The van der Waals surface area contributed by atoms with Crippen molar-refractivity contribution in [3.05, 3.63) is 28.8 Å². The van der Waals surface area contributed by atoms with Gasteiger partial charge < -0.3 is 0 Å². The van der Waals surface area contributed by atoms with Crippen molar-refractivity contribution in [3.63, 3.8) is 0 Å². The van der Waals surface area contributed by atoms with Gasteiger partial charge >= 0.3 is 0 Å². The summed E-state index contributed by atoms with van der Waals surface area (Å²) in [4.78, 5) is 16.2. The quantitative estimate of drug-likeness (QED) is 0.346. The molecule has 0 amide bonds. The molecule has 0 aliphatic heterocycles. The molecular weight excluding hydrogens is 224 g/mol. The third-order valence-corrected chi connectivity index (χ3v) is 2.48. The first-order valence-corrected chi connectivity index (χ1v) is 4.95. The van der Waals surface area contributed by atoms with Crippen LogP contribution in [-0.4, -0.2) is 12.9 Å². The lowest BCUT2D eigenvalue weighted by Gasteiger charge is -2.02. The van der Waals surface area contributed by atoms with Gasteiger partial charge in [0.2, 0.25) is 0 Å². The number of benzene rings is 1. The highest BCUT2D eigenvalue weighted by Crippen LogP contribution is 2.25. The summed E-state index contributed by atoms with van der Waals surface area (Å²) < 4.78 is 4.65. The summed E-state index contributed by atoms with van der Waals surface area (Å²) in [5, 5.41) is 0.419. The van der Waals surface area contributed by atoms with E-state index in [1.165, 1.54) is 14.0 Å². The van der Waals surface area contributed by atoms with Crippen molar-refractivity contribution in [1.29, 1.82) is 0 Å². The van der Waals surface area contributed by atoms with E-state index in [1.54, 1.807) is 18.2 Å². The monoisotopic (exact) mass is 232 g/mol. The maximum absolute atomic E-state index is 11.0. The molecule has 3 nitrogen and oxygen atoms in total. The average molecular weight is 233 g/mol. The molecule has 0 aliphatic carbocycles. The van der Waals surface area contributed by atoms with E-state index >= 15 is 0 Å². The Bertz CT molecular complexity index is 341. The molecule has 76 valence electrons. The molecule has 0 atom stereocenters. The van der Waals surface area contributed by atoms with Gasteiger partial charge in [-0.3, -0.25) is 4.79 Å². The molecular formula is C9H9ClO3S. The second-order valence-corrected chi connectivity index (χ2v) is 3.70. The number of carbonyl (C=O) groups excluding carboxylic acids is 1. The average Bonchev–Trinajstić information content (AvgIpc) is 2.14. The summed E-state index contributed by atoms with van der Waals surface area (Å²) >= 11 is 6.91. The minimum atomic E-state index is -0.0563. The van der Waals surface area contributed by atoms with Crippen LogP contribution in [0.5, 0.6) is 0 Å². The molecule has 0 saturated heterocycles. The van der Waals surface area contributed by atoms with Crippen LogP contribution in [0.4, 0.5) is 0 Å². The molecule has 1 aromatic rings. The SMILES string of the molecule is COOSc1ccc(C(C)=O)c(Cl)c1. The van der Waals surface area contributed by atoms with Gasteiger partial charge in [-0.15, -0.1) is 0 Å². The van der Waals surface area contributed by atoms with Crippen molar-refractivity contribution in [3.8, 4) is 0 Å². The second kappa shape index (κ2) is 5.36. The summed E-state index contributed by atoms with van der Waals surface area (Å²) in [6.07, 6.45) is 0. The van der Waals surface area contributed by atoms with Crippen LogP contribution in [0.25, 0.3) is 0 Å². The Morgan fingerprint density at radius 2 is 2.21 bits per heavy atom. The number of rotatable bonds is 4. The molecule has 0 heterocycles. The standard InChI is InChI=1S/C9H9ClO3S/c1-6(11)8-4-3-7(5-9(8)10)14-13-12-2/h3-5H,1-2H3. The van der Waals surface area contributed by atoms with Crippen molar-refractivity contribution in [1.82, 2.24) is 0 Å². The highest BCUT2D eigenvalue weighted by Gasteiger charge is 2.06. The molecule has 5 heteroatoms. The first-order chi connectivity index (χ1) is 6.65. The lowest BCUT2D eigenvalue weighted by Crippen LogP contribution is -1.93. The van der Waals surface area contributed by atoms with Gasteiger partial charge in [-0.2, -0.15) is 4.33 Å². The van der Waals surface area contributed by atoms with Crippen LogP contribution in [0.3, 0.4) is 0 Å². The van der Waals surface area contributed by atoms with E-state index in [0.717, 1.165) is 16.9 Å². The molecule has 1 aromatic carbocycles. The topological polar surface area (TPSA) is 35.5 Å². The van der Waals surface area contributed by atoms with Gasteiger partial charge in [-0.25, -0.2) is 4.89 Å². The second-order valence-electron chi connectivity index (χ2n) is 2.52. The van der Waals surface area contributed by atoms with Gasteiger partial charge in [-0.1, -0.05) is 11.6 Å². The lowest BCUT2D eigenvalue weighted by atomic mass is 10.1. The first kappa shape index (κ1) is 11.5. The number of hydrogen-bond acceptors (Lipinski definition) is 4. The molecule has 0 unspecified atom stereocenters. The molecule has 0 aliphatic rings. The normalized spacial score (nSPS) is 10.2. The Balaban J connectivity index is 2.83. The summed E-state index contributed by atoms with van der Waals surface area (Å²) in [6.45, 7) is 1.47. The molecule has 1 rings (SSSR count). The molecule has 0 bridgehead atoms. The van der Waals surface area contributed by atoms with Crippen molar-refractivity contribution < 1.29 is 14.0 Å². The van der Waals surface area contributed by atoms with Crippen molar-refractivity contribution in [2.45, 2.75) is 11.8 Å². The number of hydrogen-bond donors (Lipinski definition) is 0. The van der Waals surface area contributed by atoms with Crippen molar-refractivity contribution >= 4 is 29.4 Å². The van der Waals surface area contributed by atoms with Crippen LogP contribution in [0.1, 0.15) is 17.3 Å². The number of halogens is 1. The van der Waals surface area contributed by atoms with E-state index in [4.69, 9.17) is 11.6 Å². The smallest absolute Gasteiger partial charge is 0.161 e. The van der Waals surface area contributed by atoms with E-state index in [-0.39, 0.29) is 5.78 Å². The van der Waals surface area contributed by atoms with Crippen molar-refractivity contribution in [2.24, 2.45) is 0 Å². The highest BCUT2D eigenvalue weighted by molar-refractivity contribution is 7.94. The van der Waals surface area contributed by atoms with Crippen LogP contribution in [-0.2, 0) is 9.22 Å². The fourth-order valence-electron chi connectivity index (χ4n) is 0.906. The maximum atomic E-state index is 11.0. The molecule has 0 N–H and O–H groups in total. The van der Waals surface area contributed by atoms with Gasteiger partial charge in [0.15, 0.2) is 5.78 Å². The largest absolute Gasteiger partial charge is 0.294 e. The minimum Gasteiger partial charge on any atom is -0.294 e. The summed E-state index contributed by atoms with van der Waals surface area (Å²) in [6, 6.07) is 5.06. The Morgan fingerprint density at radius 3 is 2.71 bits per heavy atom. The van der Waals surface area contributed by atoms with Gasteiger partial charge in [0.1, 0.15) is 0 Å². The Hall–Kier alpha value is -0.550. The minimum absolute atomic E-state index is 0.0563. The lowest BCUT2D eigenvalue weighted by molar-refractivity contribution is -0.160. The Morgan fingerprint density at radius 1 is 1.50 bits per heavy atom. The molecule has 0 saturated carbocycles. The van der Waals surface area contributed by atoms with Gasteiger partial charge in [0.05, 0.1) is 24.2 Å². The van der Waals surface area contributed by atoms with E-state index in [2.05, 4.69) is 9.22 Å². The molecule has 0 fully saturated rings. The van der Waals surface area contributed by atoms with Crippen LogP contribution in [0.2, 0.25) is 5.02 Å². The zero-order valence-electron chi connectivity index (χ0n) is 7.74. The summed E-state index contributed by atoms with van der Waals surface area (Å²) in [5.41, 5.74) is 0.508. The van der Waals surface area contributed by atoms with E-state index in [1.807, 2.05) is 0 Å². The zero-order chi connectivity index (χ0) is 10.6. The van der Waals surface area contributed by atoms with Crippen LogP contribution < -0.4 is 0 Å². The third kappa shape index (κ3) is 2.99.